The number of nitro benzene ring substituents is 1. The van der Waals surface area contributed by atoms with E-state index in [4.69, 9.17) is 10.00 Å². The van der Waals surface area contributed by atoms with E-state index in [1.165, 1.54) is 36.4 Å². The summed E-state index contributed by atoms with van der Waals surface area (Å²) in [5, 5.41) is 29.0. The fourth-order valence-corrected chi connectivity index (χ4v) is 1.71. The van der Waals surface area contributed by atoms with Crippen molar-refractivity contribution in [1.29, 1.82) is 5.26 Å². The van der Waals surface area contributed by atoms with Crippen LogP contribution in [0.25, 0.3) is 0 Å². The third-order valence-corrected chi connectivity index (χ3v) is 2.65. The summed E-state index contributed by atoms with van der Waals surface area (Å²) in [7, 11) is 0. The van der Waals surface area contributed by atoms with Crippen molar-refractivity contribution in [2.24, 2.45) is 0 Å². The minimum absolute atomic E-state index is 0.0878. The normalized spacial score (nSPS) is 8.23. The van der Waals surface area contributed by atoms with Crippen LogP contribution in [0.4, 0.5) is 5.69 Å². The van der Waals surface area contributed by atoms with Gasteiger partial charge in [0, 0.05) is 12.1 Å². The van der Waals surface area contributed by atoms with Crippen LogP contribution < -0.4 is 4.74 Å². The van der Waals surface area contributed by atoms with Crippen LogP contribution in [-0.4, -0.2) is 10.0 Å². The highest BCUT2D eigenvalue weighted by molar-refractivity contribution is 5.56. The predicted octanol–water partition coefficient (Wildman–Crippen LogP) is 6.35. The zero-order valence-corrected chi connectivity index (χ0v) is 16.5. The summed E-state index contributed by atoms with van der Waals surface area (Å²) < 4.78 is 5.56. The maximum Gasteiger partial charge on any atom is 0.271 e. The molecule has 6 heteroatoms. The molecule has 26 heavy (non-hydrogen) atoms. The van der Waals surface area contributed by atoms with E-state index in [1.807, 2.05) is 47.6 Å². The molecule has 1 N–H and O–H groups in total. The number of hydrogen-bond donors (Lipinski definition) is 1. The number of nitriles is 1. The molecule has 0 heterocycles. The molecule has 0 saturated heterocycles. The molecule has 2 rings (SSSR count). The molecule has 2 aromatic carbocycles. The highest BCUT2D eigenvalue weighted by Gasteiger charge is 2.16. The van der Waals surface area contributed by atoms with E-state index >= 15 is 0 Å². The number of nitrogens with zero attached hydrogens (tertiary/aromatic N) is 2. The Bertz CT molecular complexity index is 705. The van der Waals surface area contributed by atoms with E-state index in [9.17, 15) is 15.2 Å². The van der Waals surface area contributed by atoms with Gasteiger partial charge >= 0.3 is 0 Å². The molecule has 0 bridgehead atoms. The number of ether oxygens (including phenoxy) is 1. The number of rotatable bonds is 3. The molecule has 142 valence electrons. The molecule has 0 aliphatic carbocycles. The maximum atomic E-state index is 10.8. The van der Waals surface area contributed by atoms with Gasteiger partial charge in [-0.3, -0.25) is 10.1 Å². The summed E-state index contributed by atoms with van der Waals surface area (Å²) in [6.45, 7) is 13.6. The number of nitro groups is 1. The molecule has 0 saturated carbocycles. The summed E-state index contributed by atoms with van der Waals surface area (Å²) in [5.41, 5.74) is 0.422. The molecular weight excluding hydrogens is 332 g/mol. The second kappa shape index (κ2) is 14.3. The van der Waals surface area contributed by atoms with Crippen LogP contribution >= 0.6 is 0 Å². The van der Waals surface area contributed by atoms with Crippen LogP contribution in [0.1, 0.15) is 52.7 Å². The molecule has 0 spiro atoms. The SMILES string of the molecule is CC.CC.CC.Cc1cc([N+](=O)[O-])cc(C#N)c1Oc1ccc(O)cc1. The van der Waals surface area contributed by atoms with Crippen LogP contribution in [0, 0.1) is 28.4 Å². The number of phenols is 1. The number of non-ortho nitro benzene ring substituents is 1. The lowest BCUT2D eigenvalue weighted by atomic mass is 10.1. The summed E-state index contributed by atoms with van der Waals surface area (Å²) in [6, 6.07) is 10.4. The van der Waals surface area contributed by atoms with Gasteiger partial charge in [0.15, 0.2) is 0 Å². The third-order valence-electron chi connectivity index (χ3n) is 2.65. The van der Waals surface area contributed by atoms with Crippen LogP contribution in [-0.2, 0) is 0 Å². The smallest absolute Gasteiger partial charge is 0.271 e. The van der Waals surface area contributed by atoms with Gasteiger partial charge in [-0.1, -0.05) is 41.5 Å². The topological polar surface area (TPSA) is 96.4 Å². The first-order chi connectivity index (χ1) is 12.5. The lowest BCUT2D eigenvalue weighted by Crippen LogP contribution is -1.95. The second-order valence-electron chi connectivity index (χ2n) is 4.10. The quantitative estimate of drug-likeness (QED) is 0.508. The molecule has 0 aromatic heterocycles. The van der Waals surface area contributed by atoms with Crippen molar-refractivity contribution < 1.29 is 14.8 Å². The van der Waals surface area contributed by atoms with Crippen LogP contribution in [0.5, 0.6) is 17.2 Å². The van der Waals surface area contributed by atoms with Gasteiger partial charge in [-0.2, -0.15) is 5.26 Å². The predicted molar refractivity (Wildman–Crippen MR) is 105 cm³/mol. The van der Waals surface area contributed by atoms with Crippen LogP contribution in [0.2, 0.25) is 0 Å². The highest BCUT2D eigenvalue weighted by Crippen LogP contribution is 2.32. The summed E-state index contributed by atoms with van der Waals surface area (Å²) >= 11 is 0. The van der Waals surface area contributed by atoms with Gasteiger partial charge in [0.2, 0.25) is 0 Å². The fourth-order valence-electron chi connectivity index (χ4n) is 1.71. The molecular formula is C20H28N2O4. The number of benzene rings is 2. The van der Waals surface area contributed by atoms with Crippen molar-refractivity contribution >= 4 is 5.69 Å². The Hall–Kier alpha value is -3.07. The Balaban J connectivity index is 0. The molecule has 6 nitrogen and oxygen atoms in total. The third kappa shape index (κ3) is 7.67. The monoisotopic (exact) mass is 360 g/mol. The Morgan fingerprint density at radius 3 is 1.96 bits per heavy atom. The average molecular weight is 360 g/mol. The second-order valence-corrected chi connectivity index (χ2v) is 4.10. The molecule has 0 aliphatic heterocycles. The van der Waals surface area contributed by atoms with Gasteiger partial charge in [0.1, 0.15) is 28.9 Å². The van der Waals surface area contributed by atoms with Crippen molar-refractivity contribution in [1.82, 2.24) is 0 Å². The summed E-state index contributed by atoms with van der Waals surface area (Å²) in [4.78, 5) is 10.2. The van der Waals surface area contributed by atoms with Gasteiger partial charge in [0.25, 0.3) is 5.69 Å². The van der Waals surface area contributed by atoms with Crippen LogP contribution in [0.15, 0.2) is 36.4 Å². The van der Waals surface area contributed by atoms with Gasteiger partial charge in [0.05, 0.1) is 4.92 Å². The van der Waals surface area contributed by atoms with E-state index in [2.05, 4.69) is 0 Å². The first-order valence-corrected chi connectivity index (χ1v) is 8.67. The molecule has 0 aliphatic rings. The minimum Gasteiger partial charge on any atom is -0.508 e. The molecule has 2 aromatic rings. The van der Waals surface area contributed by atoms with Crippen molar-refractivity contribution in [3.8, 4) is 23.3 Å². The Morgan fingerprint density at radius 1 is 1.04 bits per heavy atom. The van der Waals surface area contributed by atoms with Crippen molar-refractivity contribution in [2.75, 3.05) is 0 Å². The standard InChI is InChI=1S/C14H10N2O4.3C2H6/c1-9-6-11(16(18)19)7-10(8-15)14(9)20-13-4-2-12(17)3-5-13;3*1-2/h2-7,17H,1H3;3*1-2H3. The van der Waals surface area contributed by atoms with E-state index in [-0.39, 0.29) is 22.7 Å². The maximum absolute atomic E-state index is 10.8. The van der Waals surface area contributed by atoms with Gasteiger partial charge in [-0.05, 0) is 36.8 Å². The lowest BCUT2D eigenvalue weighted by Gasteiger charge is -2.10. The lowest BCUT2D eigenvalue weighted by molar-refractivity contribution is -0.384. The highest BCUT2D eigenvalue weighted by atomic mass is 16.6. The first-order valence-electron chi connectivity index (χ1n) is 8.67. The Kier molecular flexibility index (Phi) is 13.8. The van der Waals surface area contributed by atoms with Crippen LogP contribution in [0.3, 0.4) is 0 Å². The zero-order chi connectivity index (χ0) is 20.7. The van der Waals surface area contributed by atoms with Gasteiger partial charge in [-0.25, -0.2) is 0 Å². The fraction of sp³-hybridized carbons (Fsp3) is 0.350. The van der Waals surface area contributed by atoms with E-state index in [1.54, 1.807) is 6.92 Å². The van der Waals surface area contributed by atoms with E-state index in [0.29, 0.717) is 11.3 Å². The molecule has 0 unspecified atom stereocenters. The minimum atomic E-state index is -0.557. The number of phenolic OH excluding ortho intramolecular Hbond substituents is 1. The zero-order valence-electron chi connectivity index (χ0n) is 16.5. The van der Waals surface area contributed by atoms with E-state index in [0.717, 1.165) is 0 Å². The Morgan fingerprint density at radius 2 is 1.54 bits per heavy atom. The van der Waals surface area contributed by atoms with Gasteiger partial charge in [-0.15, -0.1) is 0 Å². The first kappa shape index (κ1) is 25.2. The van der Waals surface area contributed by atoms with E-state index < -0.39 is 4.92 Å². The molecule has 0 radical (unpaired) electrons. The number of hydrogen-bond acceptors (Lipinski definition) is 5. The largest absolute Gasteiger partial charge is 0.508 e. The molecule has 0 amide bonds. The summed E-state index contributed by atoms with van der Waals surface area (Å²) in [6.07, 6.45) is 0. The van der Waals surface area contributed by atoms with Crippen molar-refractivity contribution in [3.05, 3.63) is 57.6 Å². The molecule has 0 fully saturated rings. The van der Waals surface area contributed by atoms with Crippen molar-refractivity contribution in [2.45, 2.75) is 48.5 Å². The number of aryl methyl sites for hydroxylation is 1. The van der Waals surface area contributed by atoms with Crippen molar-refractivity contribution in [3.63, 3.8) is 0 Å². The number of aromatic hydroxyl groups is 1. The molecule has 0 atom stereocenters. The Labute approximate surface area is 155 Å². The van der Waals surface area contributed by atoms with Gasteiger partial charge < -0.3 is 9.84 Å². The summed E-state index contributed by atoms with van der Waals surface area (Å²) in [5.74, 6) is 0.790. The average Bonchev–Trinajstić information content (AvgIpc) is 2.69.